The van der Waals surface area contributed by atoms with Crippen molar-refractivity contribution >= 4 is 29.5 Å². The Morgan fingerprint density at radius 2 is 2.04 bits per heavy atom. The summed E-state index contributed by atoms with van der Waals surface area (Å²) in [5.41, 5.74) is 1.69. The molecule has 0 atom stereocenters. The minimum Gasteiger partial charge on any atom is -0.447 e. The van der Waals surface area contributed by atoms with E-state index in [2.05, 4.69) is 15.6 Å². The summed E-state index contributed by atoms with van der Waals surface area (Å²) in [6.07, 6.45) is 1.42. The van der Waals surface area contributed by atoms with Gasteiger partial charge in [-0.1, -0.05) is 35.9 Å². The van der Waals surface area contributed by atoms with E-state index in [0.29, 0.717) is 23.8 Å². The van der Waals surface area contributed by atoms with Crippen LogP contribution in [0.15, 0.2) is 42.6 Å². The number of halogens is 1. The number of aromatic nitrogens is 1. The number of anilines is 1. The Labute approximate surface area is 168 Å². The van der Waals surface area contributed by atoms with Gasteiger partial charge in [0.15, 0.2) is 0 Å². The van der Waals surface area contributed by atoms with Gasteiger partial charge in [0.2, 0.25) is 0 Å². The summed E-state index contributed by atoms with van der Waals surface area (Å²) in [6.45, 7) is 0.604. The molecule has 0 saturated heterocycles. The fraction of sp³-hybridized carbons (Fsp3) is 0.316. The number of carbonyl (C=O) groups excluding carboxylic acids is 2. The molecule has 8 nitrogen and oxygen atoms in total. The lowest BCUT2D eigenvalue weighted by molar-refractivity contribution is 0.146. The van der Waals surface area contributed by atoms with Gasteiger partial charge in [-0.25, -0.2) is 14.6 Å². The first kappa shape index (κ1) is 21.5. The quantitative estimate of drug-likeness (QED) is 0.625. The molecule has 3 amide bonds. The molecule has 150 valence electrons. The summed E-state index contributed by atoms with van der Waals surface area (Å²) < 4.78 is 5.05. The number of aliphatic hydroxyl groups excluding tert-OH is 1. The van der Waals surface area contributed by atoms with Crippen LogP contribution in [-0.2, 0) is 17.7 Å². The van der Waals surface area contributed by atoms with Crippen LogP contribution in [0.25, 0.3) is 0 Å². The zero-order valence-electron chi connectivity index (χ0n) is 15.5. The lowest BCUT2D eigenvalue weighted by atomic mass is 10.2. The van der Waals surface area contributed by atoms with Gasteiger partial charge < -0.3 is 20.1 Å². The van der Waals surface area contributed by atoms with Gasteiger partial charge >= 0.3 is 12.1 Å². The van der Waals surface area contributed by atoms with Gasteiger partial charge in [0, 0.05) is 31.4 Å². The molecule has 2 rings (SSSR count). The van der Waals surface area contributed by atoms with Crippen molar-refractivity contribution in [3.63, 3.8) is 0 Å². The molecule has 2 aromatic rings. The highest BCUT2D eigenvalue weighted by Gasteiger charge is 2.10. The largest absolute Gasteiger partial charge is 0.447 e. The fourth-order valence-electron chi connectivity index (χ4n) is 2.24. The van der Waals surface area contributed by atoms with Crippen LogP contribution >= 0.6 is 11.6 Å². The lowest BCUT2D eigenvalue weighted by Crippen LogP contribution is -2.39. The Morgan fingerprint density at radius 1 is 1.25 bits per heavy atom. The number of likely N-dealkylation sites (N-methyl/N-ethyl adjacent to an activating group) is 1. The third-order valence-corrected chi connectivity index (χ3v) is 4.22. The van der Waals surface area contributed by atoms with Gasteiger partial charge in [-0.3, -0.25) is 5.32 Å². The topological polar surface area (TPSA) is 104 Å². The number of hydrogen-bond donors (Lipinski definition) is 3. The van der Waals surface area contributed by atoms with Crippen molar-refractivity contribution in [1.82, 2.24) is 15.2 Å². The second kappa shape index (κ2) is 11.1. The van der Waals surface area contributed by atoms with Crippen LogP contribution in [0.4, 0.5) is 15.4 Å². The number of nitrogens with one attached hydrogen (secondary N) is 2. The summed E-state index contributed by atoms with van der Waals surface area (Å²) in [6, 6.07) is 10.3. The highest BCUT2D eigenvalue weighted by atomic mass is 35.5. The van der Waals surface area contributed by atoms with E-state index >= 15 is 0 Å². The standard InChI is InChI=1S/C19H23ClN4O4/c1-24(18(26)22-13-15-4-2-3-5-16(15)20)9-11-28-19(27)23-17-7-6-14(8-10-25)12-21-17/h2-7,12,25H,8-11,13H2,1H3,(H,22,26)(H,21,23,27). The van der Waals surface area contributed by atoms with Crippen molar-refractivity contribution in [1.29, 1.82) is 0 Å². The van der Waals surface area contributed by atoms with E-state index in [0.717, 1.165) is 11.1 Å². The maximum absolute atomic E-state index is 12.1. The Kier molecular flexibility index (Phi) is 8.51. The second-order valence-corrected chi connectivity index (χ2v) is 6.37. The average Bonchev–Trinajstić information content (AvgIpc) is 2.68. The number of ether oxygens (including phenoxy) is 1. The molecule has 0 saturated carbocycles. The van der Waals surface area contributed by atoms with Crippen LogP contribution in [0.3, 0.4) is 0 Å². The molecule has 1 aromatic heterocycles. The first-order valence-electron chi connectivity index (χ1n) is 8.71. The summed E-state index contributed by atoms with van der Waals surface area (Å²) in [5, 5.41) is 14.7. The average molecular weight is 407 g/mol. The van der Waals surface area contributed by atoms with Crippen molar-refractivity contribution in [2.75, 3.05) is 32.1 Å². The second-order valence-electron chi connectivity index (χ2n) is 5.96. The lowest BCUT2D eigenvalue weighted by Gasteiger charge is -2.18. The Bertz CT molecular complexity index is 786. The Hall–Kier alpha value is -2.84. The van der Waals surface area contributed by atoms with Gasteiger partial charge in [-0.05, 0) is 29.7 Å². The molecule has 0 radical (unpaired) electrons. The number of urea groups is 1. The van der Waals surface area contributed by atoms with Crippen LogP contribution in [-0.4, -0.2) is 53.9 Å². The molecule has 0 aliphatic rings. The Morgan fingerprint density at radius 3 is 2.71 bits per heavy atom. The number of aliphatic hydroxyl groups is 1. The van der Waals surface area contributed by atoms with Crippen molar-refractivity contribution in [3.05, 3.63) is 58.7 Å². The van der Waals surface area contributed by atoms with Crippen molar-refractivity contribution in [2.24, 2.45) is 0 Å². The maximum atomic E-state index is 12.1. The molecule has 3 N–H and O–H groups in total. The van der Waals surface area contributed by atoms with E-state index in [4.69, 9.17) is 21.4 Å². The van der Waals surface area contributed by atoms with E-state index in [1.165, 1.54) is 4.90 Å². The maximum Gasteiger partial charge on any atom is 0.412 e. The monoisotopic (exact) mass is 406 g/mol. The van der Waals surface area contributed by atoms with Crippen LogP contribution < -0.4 is 10.6 Å². The smallest absolute Gasteiger partial charge is 0.412 e. The predicted octanol–water partition coefficient (Wildman–Crippen LogP) is 2.66. The molecule has 28 heavy (non-hydrogen) atoms. The van der Waals surface area contributed by atoms with Crippen molar-refractivity contribution in [3.8, 4) is 0 Å². The molecule has 0 unspecified atom stereocenters. The molecular weight excluding hydrogens is 384 g/mol. The molecule has 0 bridgehead atoms. The number of nitrogens with zero attached hydrogens (tertiary/aromatic N) is 2. The van der Waals surface area contributed by atoms with Gasteiger partial charge in [0.25, 0.3) is 0 Å². The summed E-state index contributed by atoms with van der Waals surface area (Å²) in [5.74, 6) is 0.345. The number of amides is 3. The number of rotatable bonds is 8. The van der Waals surface area contributed by atoms with Gasteiger partial charge in [0.1, 0.15) is 12.4 Å². The third kappa shape index (κ3) is 7.05. The summed E-state index contributed by atoms with van der Waals surface area (Å²) in [7, 11) is 1.60. The van der Waals surface area contributed by atoms with Crippen molar-refractivity contribution < 1.29 is 19.4 Å². The highest BCUT2D eigenvalue weighted by Crippen LogP contribution is 2.14. The molecular formula is C19H23ClN4O4. The molecule has 9 heteroatoms. The minimum absolute atomic E-state index is 0.0322. The summed E-state index contributed by atoms with van der Waals surface area (Å²) in [4.78, 5) is 29.3. The van der Waals surface area contributed by atoms with Gasteiger partial charge in [-0.15, -0.1) is 0 Å². The normalized spacial score (nSPS) is 10.2. The van der Waals surface area contributed by atoms with Gasteiger partial charge in [0.05, 0.1) is 6.54 Å². The zero-order valence-corrected chi connectivity index (χ0v) is 16.3. The van der Waals surface area contributed by atoms with Crippen LogP contribution in [0, 0.1) is 0 Å². The van der Waals surface area contributed by atoms with Gasteiger partial charge in [-0.2, -0.15) is 0 Å². The van der Waals surface area contributed by atoms with E-state index in [1.807, 2.05) is 18.2 Å². The zero-order chi connectivity index (χ0) is 20.4. The van der Waals surface area contributed by atoms with Crippen LogP contribution in [0.1, 0.15) is 11.1 Å². The number of pyridine rings is 1. The molecule has 1 aromatic carbocycles. The van der Waals surface area contributed by atoms with E-state index < -0.39 is 6.09 Å². The first-order valence-corrected chi connectivity index (χ1v) is 9.09. The van der Waals surface area contributed by atoms with E-state index in [-0.39, 0.29) is 25.8 Å². The van der Waals surface area contributed by atoms with E-state index in [1.54, 1.807) is 31.4 Å². The fourth-order valence-corrected chi connectivity index (χ4v) is 2.44. The minimum atomic E-state index is -0.660. The highest BCUT2D eigenvalue weighted by molar-refractivity contribution is 6.31. The molecule has 0 fully saturated rings. The molecule has 0 spiro atoms. The predicted molar refractivity (Wildman–Crippen MR) is 106 cm³/mol. The number of benzene rings is 1. The molecule has 1 heterocycles. The first-order chi connectivity index (χ1) is 13.5. The van der Waals surface area contributed by atoms with E-state index in [9.17, 15) is 9.59 Å². The molecule has 0 aliphatic heterocycles. The molecule has 0 aliphatic carbocycles. The van der Waals surface area contributed by atoms with Crippen molar-refractivity contribution in [2.45, 2.75) is 13.0 Å². The number of carbonyl (C=O) groups is 2. The summed E-state index contributed by atoms with van der Waals surface area (Å²) >= 11 is 6.05. The van der Waals surface area contributed by atoms with Crippen LogP contribution in [0.5, 0.6) is 0 Å². The third-order valence-electron chi connectivity index (χ3n) is 3.85. The SMILES string of the molecule is CN(CCOC(=O)Nc1ccc(CCO)cn1)C(=O)NCc1ccccc1Cl. The number of hydrogen-bond acceptors (Lipinski definition) is 5. The Balaban J connectivity index is 1.67. The van der Waals surface area contributed by atoms with Crippen LogP contribution in [0.2, 0.25) is 5.02 Å².